The van der Waals surface area contributed by atoms with E-state index in [2.05, 4.69) is 36.7 Å². The molecule has 0 aromatic rings. The number of nitrogens with one attached hydrogen (secondary N) is 1. The lowest BCUT2D eigenvalue weighted by Crippen LogP contribution is -2.44. The average Bonchev–Trinajstić information content (AvgIpc) is 2.62. The minimum absolute atomic E-state index is 0.202. The molecule has 0 fully saturated rings. The molecule has 0 bridgehead atoms. The van der Waals surface area contributed by atoms with Gasteiger partial charge in [-0.15, -0.1) is 0 Å². The van der Waals surface area contributed by atoms with E-state index in [-0.39, 0.29) is 6.61 Å². The smallest absolute Gasteiger partial charge is 0.408 e. The zero-order valence-corrected chi connectivity index (χ0v) is 12.5. The second-order valence-corrected chi connectivity index (χ2v) is 5.31. The Bertz CT molecular complexity index is 493. The molecule has 0 spiro atoms. The summed E-state index contributed by atoms with van der Waals surface area (Å²) in [6.07, 6.45) is 10.2. The Morgan fingerprint density at radius 1 is 1.55 bits per heavy atom. The summed E-state index contributed by atoms with van der Waals surface area (Å²) >= 11 is 0. The van der Waals surface area contributed by atoms with Crippen molar-refractivity contribution < 1.29 is 9.53 Å². The zero-order chi connectivity index (χ0) is 15.2. The van der Waals surface area contributed by atoms with E-state index in [1.54, 1.807) is 6.08 Å². The van der Waals surface area contributed by atoms with Gasteiger partial charge in [0.1, 0.15) is 6.61 Å². The van der Waals surface area contributed by atoms with Crippen LogP contribution in [-0.4, -0.2) is 18.2 Å². The van der Waals surface area contributed by atoms with Crippen LogP contribution in [0.3, 0.4) is 0 Å². The number of amides is 1. The van der Waals surface area contributed by atoms with Crippen LogP contribution in [0.1, 0.15) is 27.2 Å². The van der Waals surface area contributed by atoms with Crippen molar-refractivity contribution in [1.29, 1.82) is 0 Å². The van der Waals surface area contributed by atoms with Crippen molar-refractivity contribution in [3.8, 4) is 0 Å². The summed E-state index contributed by atoms with van der Waals surface area (Å²) < 4.78 is 4.97. The zero-order valence-electron chi connectivity index (χ0n) is 12.5. The highest BCUT2D eigenvalue weighted by Crippen LogP contribution is 2.24. The van der Waals surface area contributed by atoms with Crippen LogP contribution in [0.25, 0.3) is 0 Å². The highest BCUT2D eigenvalue weighted by atomic mass is 16.5. The molecule has 0 saturated carbocycles. The molecule has 0 aliphatic heterocycles. The lowest BCUT2D eigenvalue weighted by Gasteiger charge is -2.27. The number of allylic oxidation sites excluding steroid dienone is 5. The molecule has 0 aromatic carbocycles. The van der Waals surface area contributed by atoms with Crippen LogP contribution in [0.2, 0.25) is 0 Å². The van der Waals surface area contributed by atoms with Crippen molar-refractivity contribution >= 4 is 6.09 Å². The van der Waals surface area contributed by atoms with Crippen LogP contribution >= 0.6 is 0 Å². The molecule has 108 valence electrons. The number of alkyl carbamates (subject to hydrolysis) is 1. The lowest BCUT2D eigenvalue weighted by atomic mass is 9.91. The Labute approximate surface area is 121 Å². The number of hydrogen-bond donors (Lipinski definition) is 1. The molecule has 0 unspecified atom stereocenters. The number of rotatable bonds is 5. The maximum Gasteiger partial charge on any atom is 0.408 e. The topological polar surface area (TPSA) is 38.3 Å². The van der Waals surface area contributed by atoms with Crippen molar-refractivity contribution in [1.82, 2.24) is 5.32 Å². The maximum atomic E-state index is 11.7. The van der Waals surface area contributed by atoms with E-state index < -0.39 is 11.6 Å². The van der Waals surface area contributed by atoms with Gasteiger partial charge in [0.25, 0.3) is 0 Å². The first kappa shape index (κ1) is 16.0. The molecule has 20 heavy (non-hydrogen) atoms. The fourth-order valence-electron chi connectivity index (χ4n) is 1.85. The Kier molecular flexibility index (Phi) is 5.56. The fourth-order valence-corrected chi connectivity index (χ4v) is 1.85. The van der Waals surface area contributed by atoms with Gasteiger partial charge >= 0.3 is 6.09 Å². The van der Waals surface area contributed by atoms with Crippen LogP contribution < -0.4 is 5.32 Å². The molecule has 0 saturated heterocycles. The third-order valence-electron chi connectivity index (χ3n) is 3.04. The van der Waals surface area contributed by atoms with E-state index in [4.69, 9.17) is 4.74 Å². The van der Waals surface area contributed by atoms with Gasteiger partial charge in [0.05, 0.1) is 5.54 Å². The summed E-state index contributed by atoms with van der Waals surface area (Å²) in [7, 11) is 0. The van der Waals surface area contributed by atoms with Gasteiger partial charge in [0.2, 0.25) is 0 Å². The van der Waals surface area contributed by atoms with Crippen LogP contribution in [0, 0.1) is 0 Å². The molecular weight excluding hydrogens is 250 g/mol. The highest BCUT2D eigenvalue weighted by molar-refractivity contribution is 5.69. The van der Waals surface area contributed by atoms with Gasteiger partial charge in [-0.2, -0.15) is 0 Å². The molecule has 0 atom stereocenters. The predicted octanol–water partition coefficient (Wildman–Crippen LogP) is 4.07. The summed E-state index contributed by atoms with van der Waals surface area (Å²) in [4.78, 5) is 11.7. The highest BCUT2D eigenvalue weighted by Gasteiger charge is 2.25. The lowest BCUT2D eigenvalue weighted by molar-refractivity contribution is 0.151. The number of ether oxygens (including phenoxy) is 1. The summed E-state index contributed by atoms with van der Waals surface area (Å²) in [6.45, 7) is 13.6. The summed E-state index contributed by atoms with van der Waals surface area (Å²) in [5, 5.41) is 2.86. The monoisotopic (exact) mass is 273 g/mol. The standard InChI is InChI=1S/C17H23NO2/c1-6-11-20-16(19)18-17(4,5)15-10-8-7-9-14(12-15)13(2)3/h6,8-10,12H,1-2,7,11H2,3-5H3,(H,18,19). The van der Waals surface area contributed by atoms with Crippen LogP contribution in [0.4, 0.5) is 4.79 Å². The molecule has 1 aliphatic rings. The quantitative estimate of drug-likeness (QED) is 0.767. The largest absolute Gasteiger partial charge is 0.445 e. The van der Waals surface area contributed by atoms with Crippen LogP contribution in [-0.2, 0) is 4.74 Å². The molecular formula is C17H23NO2. The molecule has 1 rings (SSSR count). The average molecular weight is 273 g/mol. The Morgan fingerprint density at radius 2 is 2.25 bits per heavy atom. The minimum Gasteiger partial charge on any atom is -0.445 e. The van der Waals surface area contributed by atoms with Crippen LogP contribution in [0.5, 0.6) is 0 Å². The van der Waals surface area contributed by atoms with Crippen molar-refractivity contribution in [3.05, 3.63) is 60.3 Å². The van der Waals surface area contributed by atoms with Gasteiger partial charge in [-0.05, 0) is 44.4 Å². The predicted molar refractivity (Wildman–Crippen MR) is 83.5 cm³/mol. The first-order valence-corrected chi connectivity index (χ1v) is 6.67. The van der Waals surface area contributed by atoms with Crippen molar-refractivity contribution in [2.45, 2.75) is 32.7 Å². The van der Waals surface area contributed by atoms with Crippen LogP contribution in [0.15, 0.2) is 60.3 Å². The molecule has 3 heteroatoms. The minimum atomic E-state index is -0.520. The van der Waals surface area contributed by atoms with Gasteiger partial charge in [0.15, 0.2) is 0 Å². The molecule has 0 aromatic heterocycles. The van der Waals surface area contributed by atoms with Crippen molar-refractivity contribution in [3.63, 3.8) is 0 Å². The van der Waals surface area contributed by atoms with E-state index in [1.165, 1.54) is 0 Å². The third kappa shape index (κ3) is 4.57. The molecule has 3 nitrogen and oxygen atoms in total. The van der Waals surface area contributed by atoms with E-state index in [1.807, 2.05) is 26.8 Å². The van der Waals surface area contributed by atoms with Gasteiger partial charge in [-0.1, -0.05) is 43.0 Å². The molecule has 0 heterocycles. The van der Waals surface area contributed by atoms with E-state index in [9.17, 15) is 4.79 Å². The Balaban J connectivity index is 2.89. The van der Waals surface area contributed by atoms with Gasteiger partial charge in [-0.25, -0.2) is 4.79 Å². The summed E-state index contributed by atoms with van der Waals surface area (Å²) in [5.41, 5.74) is 2.60. The number of hydrogen-bond acceptors (Lipinski definition) is 2. The molecule has 1 N–H and O–H groups in total. The summed E-state index contributed by atoms with van der Waals surface area (Å²) in [6, 6.07) is 0. The van der Waals surface area contributed by atoms with Crippen molar-refractivity contribution in [2.24, 2.45) is 0 Å². The fraction of sp³-hybridized carbons (Fsp3) is 0.353. The van der Waals surface area contributed by atoms with E-state index in [0.29, 0.717) is 0 Å². The van der Waals surface area contributed by atoms with Gasteiger partial charge in [-0.3, -0.25) is 0 Å². The van der Waals surface area contributed by atoms with Crippen molar-refractivity contribution in [2.75, 3.05) is 6.61 Å². The Hall–Kier alpha value is -2.03. The van der Waals surface area contributed by atoms with Gasteiger partial charge in [0, 0.05) is 0 Å². The first-order chi connectivity index (χ1) is 9.36. The Morgan fingerprint density at radius 3 is 2.85 bits per heavy atom. The van der Waals surface area contributed by atoms with E-state index >= 15 is 0 Å². The molecule has 0 radical (unpaired) electrons. The third-order valence-corrected chi connectivity index (χ3v) is 3.04. The number of carbonyl (C=O) groups excluding carboxylic acids is 1. The SMILES string of the molecule is C=CCOC(=O)NC(C)(C)C1=CC(C(=C)C)=CCC=C1. The second kappa shape index (κ2) is 6.94. The van der Waals surface area contributed by atoms with Gasteiger partial charge < -0.3 is 10.1 Å². The molecule has 1 aliphatic carbocycles. The second-order valence-electron chi connectivity index (χ2n) is 5.31. The van der Waals surface area contributed by atoms with E-state index in [0.717, 1.165) is 23.1 Å². The first-order valence-electron chi connectivity index (χ1n) is 6.67. The molecule has 1 amide bonds. The number of carbonyl (C=O) groups is 1. The summed E-state index contributed by atoms with van der Waals surface area (Å²) in [5.74, 6) is 0. The maximum absolute atomic E-state index is 11.7. The normalized spacial score (nSPS) is 14.8.